The van der Waals surface area contributed by atoms with Crippen LogP contribution in [0.15, 0.2) is 45.6 Å². The number of ether oxygens (including phenoxy) is 2. The fraction of sp³-hybridized carbons (Fsp3) is 0.261. The Kier molecular flexibility index (Phi) is 6.83. The highest BCUT2D eigenvalue weighted by Gasteiger charge is 2.33. The van der Waals surface area contributed by atoms with Gasteiger partial charge >= 0.3 is 28.0 Å². The highest BCUT2D eigenvalue weighted by Crippen LogP contribution is 2.32. The van der Waals surface area contributed by atoms with Gasteiger partial charge in [0, 0.05) is 37.5 Å². The highest BCUT2D eigenvalue weighted by atomic mass is 35.5. The molecule has 36 heavy (non-hydrogen) atoms. The smallest absolute Gasteiger partial charge is 0.425 e. The Balaban J connectivity index is 1.63. The van der Waals surface area contributed by atoms with Gasteiger partial charge in [0.15, 0.2) is 5.75 Å². The Bertz CT molecular complexity index is 1530. The number of anilines is 1. The van der Waals surface area contributed by atoms with Crippen LogP contribution in [0.5, 0.6) is 5.75 Å². The predicted molar refractivity (Wildman–Crippen MR) is 132 cm³/mol. The van der Waals surface area contributed by atoms with Gasteiger partial charge in [-0.05, 0) is 36.2 Å². The summed E-state index contributed by atoms with van der Waals surface area (Å²) < 4.78 is 43.4. The number of benzene rings is 2. The molecule has 1 aliphatic rings. The van der Waals surface area contributed by atoms with E-state index in [4.69, 9.17) is 20.8 Å². The van der Waals surface area contributed by atoms with Gasteiger partial charge in [0.1, 0.15) is 12.2 Å². The first-order valence-corrected chi connectivity index (χ1v) is 12.5. The maximum Gasteiger partial charge on any atom is 0.425 e. The molecule has 2 amide bonds. The van der Waals surface area contributed by atoms with Gasteiger partial charge < -0.3 is 18.8 Å². The number of fused-ring (bicyclic) bond motifs is 1. The van der Waals surface area contributed by atoms with Crippen molar-refractivity contribution in [2.24, 2.45) is 0 Å². The summed E-state index contributed by atoms with van der Waals surface area (Å²) in [4.78, 5) is 37.6. The summed E-state index contributed by atoms with van der Waals surface area (Å²) in [7, 11) is -1.10. The number of carbonyl (C=O) groups excluding carboxylic acids is 2. The van der Waals surface area contributed by atoms with E-state index in [0.29, 0.717) is 26.4 Å². The summed E-state index contributed by atoms with van der Waals surface area (Å²) in [6, 6.07) is 9.36. The number of nitrogens with one attached hydrogen (secondary N) is 1. The minimum Gasteiger partial charge on any atom is -0.447 e. The zero-order chi connectivity index (χ0) is 26.2. The molecule has 0 aliphatic carbocycles. The van der Waals surface area contributed by atoms with Crippen LogP contribution in [0, 0.1) is 6.92 Å². The van der Waals surface area contributed by atoms with Crippen molar-refractivity contribution in [3.63, 3.8) is 0 Å². The normalized spacial score (nSPS) is 13.6. The van der Waals surface area contributed by atoms with Crippen LogP contribution in [0.3, 0.4) is 0 Å². The summed E-state index contributed by atoms with van der Waals surface area (Å²) >= 11 is 6.31. The van der Waals surface area contributed by atoms with Gasteiger partial charge in [0.2, 0.25) is 0 Å². The van der Waals surface area contributed by atoms with E-state index in [2.05, 4.69) is 9.46 Å². The molecule has 2 aromatic carbocycles. The van der Waals surface area contributed by atoms with Gasteiger partial charge in [-0.25, -0.2) is 14.4 Å². The third kappa shape index (κ3) is 5.09. The molecule has 1 aliphatic heterocycles. The van der Waals surface area contributed by atoms with E-state index < -0.39 is 28.0 Å². The number of aryl methyl sites for hydroxylation is 1. The number of carbonyl (C=O) groups is 2. The van der Waals surface area contributed by atoms with E-state index in [9.17, 15) is 22.8 Å². The monoisotopic (exact) mass is 535 g/mol. The molecular formula is C23H22ClN3O8S. The number of amides is 2. The third-order valence-corrected chi connectivity index (χ3v) is 7.17. The second-order valence-corrected chi connectivity index (χ2v) is 10.2. The van der Waals surface area contributed by atoms with Gasteiger partial charge in [-0.15, -0.1) is 0 Å². The van der Waals surface area contributed by atoms with E-state index >= 15 is 0 Å². The van der Waals surface area contributed by atoms with Gasteiger partial charge in [-0.2, -0.15) is 12.7 Å². The Labute approximate surface area is 211 Å². The Hall–Kier alpha value is -3.77. The lowest BCUT2D eigenvalue weighted by molar-refractivity contribution is 0.169. The fourth-order valence-electron chi connectivity index (χ4n) is 3.61. The van der Waals surface area contributed by atoms with Crippen molar-refractivity contribution in [3.8, 4) is 5.75 Å². The molecule has 1 fully saturated rings. The molecule has 1 saturated heterocycles. The van der Waals surface area contributed by atoms with E-state index in [0.717, 1.165) is 0 Å². The van der Waals surface area contributed by atoms with Crippen LogP contribution >= 0.6 is 11.6 Å². The SMILES string of the molecule is Cc1c(Cc2cccc(NS(=O)(=O)N3CCOC3=O)c2)c(=O)oc2cc(OC(=O)N(C)C)c(Cl)cc12. The van der Waals surface area contributed by atoms with Gasteiger partial charge in [-0.3, -0.25) is 4.72 Å². The average Bonchev–Trinajstić information content (AvgIpc) is 3.25. The quantitative estimate of drug-likeness (QED) is 0.474. The average molecular weight is 536 g/mol. The topological polar surface area (TPSA) is 135 Å². The van der Waals surface area contributed by atoms with E-state index in [1.54, 1.807) is 31.2 Å². The van der Waals surface area contributed by atoms with Crippen molar-refractivity contribution in [1.29, 1.82) is 0 Å². The van der Waals surface area contributed by atoms with Crippen molar-refractivity contribution in [2.45, 2.75) is 13.3 Å². The number of hydrogen-bond acceptors (Lipinski definition) is 8. The van der Waals surface area contributed by atoms with E-state index in [-0.39, 0.29) is 41.6 Å². The second-order valence-electron chi connectivity index (χ2n) is 8.21. The first-order valence-electron chi connectivity index (χ1n) is 10.7. The maximum absolute atomic E-state index is 12.8. The number of rotatable bonds is 6. The summed E-state index contributed by atoms with van der Waals surface area (Å²) in [5, 5.41) is 0.723. The second kappa shape index (κ2) is 9.70. The molecule has 0 spiro atoms. The fourth-order valence-corrected chi connectivity index (χ4v) is 4.91. The van der Waals surface area contributed by atoms with Crippen LogP contribution in [0.1, 0.15) is 16.7 Å². The van der Waals surface area contributed by atoms with Crippen molar-refractivity contribution in [3.05, 3.63) is 68.5 Å². The van der Waals surface area contributed by atoms with Gasteiger partial charge in [0.25, 0.3) is 0 Å². The van der Waals surface area contributed by atoms with Crippen molar-refractivity contribution >= 4 is 50.7 Å². The van der Waals surface area contributed by atoms with Crippen LogP contribution in [0.25, 0.3) is 11.0 Å². The van der Waals surface area contributed by atoms with Crippen LogP contribution in [0.2, 0.25) is 5.02 Å². The molecule has 0 bridgehead atoms. The summed E-state index contributed by atoms with van der Waals surface area (Å²) in [5.74, 6) is 0.0556. The molecule has 0 radical (unpaired) electrons. The lowest BCUT2D eigenvalue weighted by Crippen LogP contribution is -2.36. The van der Waals surface area contributed by atoms with E-state index in [1.165, 1.54) is 31.1 Å². The van der Waals surface area contributed by atoms with Crippen LogP contribution < -0.4 is 15.1 Å². The largest absolute Gasteiger partial charge is 0.447 e. The Morgan fingerprint density at radius 3 is 2.64 bits per heavy atom. The minimum absolute atomic E-state index is 0.0135. The molecule has 1 N–H and O–H groups in total. The first kappa shape index (κ1) is 25.3. The first-order chi connectivity index (χ1) is 17.0. The molecule has 0 saturated carbocycles. The minimum atomic E-state index is -4.14. The van der Waals surface area contributed by atoms with Crippen LogP contribution in [-0.2, 0) is 21.4 Å². The molecule has 11 nitrogen and oxygen atoms in total. The molecular weight excluding hydrogens is 514 g/mol. The zero-order valence-electron chi connectivity index (χ0n) is 19.5. The Morgan fingerprint density at radius 2 is 1.97 bits per heavy atom. The molecule has 0 atom stereocenters. The number of cyclic esters (lactones) is 1. The van der Waals surface area contributed by atoms with E-state index in [1.807, 2.05) is 0 Å². The summed E-state index contributed by atoms with van der Waals surface area (Å²) in [6.07, 6.45) is -1.44. The Morgan fingerprint density at radius 1 is 1.22 bits per heavy atom. The molecule has 1 aromatic heterocycles. The van der Waals surface area contributed by atoms with Crippen molar-refractivity contribution in [1.82, 2.24) is 9.21 Å². The highest BCUT2D eigenvalue weighted by molar-refractivity contribution is 7.90. The summed E-state index contributed by atoms with van der Waals surface area (Å²) in [6.45, 7) is 1.65. The molecule has 3 aromatic rings. The van der Waals surface area contributed by atoms with Gasteiger partial charge in [-0.1, -0.05) is 23.7 Å². The van der Waals surface area contributed by atoms with Crippen LogP contribution in [0.4, 0.5) is 15.3 Å². The standard InChI is InChI=1S/C23H22ClN3O8S/c1-13-16-11-18(24)20(35-22(29)26(2)3)12-19(16)34-21(28)17(13)10-14-5-4-6-15(9-14)25-36(31,32)27-7-8-33-23(27)30/h4-6,9,11-12,25H,7-8,10H2,1-3H3. The number of nitrogens with zero attached hydrogens (tertiary/aromatic N) is 2. The van der Waals surface area contributed by atoms with Crippen molar-refractivity contribution < 1.29 is 31.9 Å². The third-order valence-electron chi connectivity index (χ3n) is 5.47. The van der Waals surface area contributed by atoms with Crippen molar-refractivity contribution in [2.75, 3.05) is 32.0 Å². The predicted octanol–water partition coefficient (Wildman–Crippen LogP) is 3.51. The molecule has 13 heteroatoms. The lowest BCUT2D eigenvalue weighted by atomic mass is 9.99. The summed E-state index contributed by atoms with van der Waals surface area (Å²) in [5.41, 5.74) is 1.39. The van der Waals surface area contributed by atoms with Gasteiger partial charge in [0.05, 0.1) is 17.3 Å². The maximum atomic E-state index is 12.8. The number of halogens is 1. The zero-order valence-corrected chi connectivity index (χ0v) is 21.1. The molecule has 2 heterocycles. The molecule has 190 valence electrons. The molecule has 0 unspecified atom stereocenters. The van der Waals surface area contributed by atoms with Crippen LogP contribution in [-0.4, -0.2) is 57.1 Å². The number of hydrogen-bond donors (Lipinski definition) is 1. The lowest BCUT2D eigenvalue weighted by Gasteiger charge is -2.16. The molecule has 4 rings (SSSR count).